The Morgan fingerprint density at radius 1 is 1.30 bits per heavy atom. The van der Waals surface area contributed by atoms with Crippen molar-refractivity contribution in [1.29, 1.82) is 0 Å². The van der Waals surface area contributed by atoms with E-state index in [0.29, 0.717) is 24.5 Å². The first kappa shape index (κ1) is 18.7. The topological polar surface area (TPSA) is 78.3 Å². The second kappa shape index (κ2) is 9.00. The fourth-order valence-corrected chi connectivity index (χ4v) is 3.20. The number of ether oxygens (including phenoxy) is 2. The van der Waals surface area contributed by atoms with Crippen LogP contribution in [0.25, 0.3) is 11.2 Å². The summed E-state index contributed by atoms with van der Waals surface area (Å²) in [6.07, 6.45) is 7.45. The number of amides is 1. The molecule has 0 aliphatic carbocycles. The smallest absolute Gasteiger partial charge is 0.244 e. The normalized spacial score (nSPS) is 10.9. The molecule has 2 heterocycles. The van der Waals surface area contributed by atoms with Gasteiger partial charge in [-0.2, -0.15) is 5.10 Å². The Balaban J connectivity index is 1.49. The molecule has 27 heavy (non-hydrogen) atoms. The van der Waals surface area contributed by atoms with Crippen molar-refractivity contribution in [1.82, 2.24) is 20.1 Å². The van der Waals surface area contributed by atoms with Crippen LogP contribution < -0.4 is 14.8 Å². The molecule has 2 aromatic heterocycles. The SMILES string of the molecule is COc1ccc(C=CC(=O)NCCc2csc(-n3cccn3)n2)cc1OC. The first-order valence-corrected chi connectivity index (χ1v) is 9.20. The van der Waals surface area contributed by atoms with Crippen molar-refractivity contribution >= 4 is 23.3 Å². The summed E-state index contributed by atoms with van der Waals surface area (Å²) in [4.78, 5) is 16.5. The number of rotatable bonds is 8. The number of nitrogens with one attached hydrogen (secondary N) is 1. The summed E-state index contributed by atoms with van der Waals surface area (Å²) in [7, 11) is 3.16. The number of methoxy groups -OCH3 is 2. The van der Waals surface area contributed by atoms with Crippen LogP contribution in [0.4, 0.5) is 0 Å². The molecular weight excluding hydrogens is 364 g/mol. The van der Waals surface area contributed by atoms with Gasteiger partial charge in [-0.25, -0.2) is 9.67 Å². The number of benzene rings is 1. The lowest BCUT2D eigenvalue weighted by molar-refractivity contribution is -0.116. The van der Waals surface area contributed by atoms with Gasteiger partial charge in [0.2, 0.25) is 11.0 Å². The highest BCUT2D eigenvalue weighted by Gasteiger charge is 2.05. The zero-order valence-corrected chi connectivity index (χ0v) is 15.9. The minimum absolute atomic E-state index is 0.160. The molecule has 8 heteroatoms. The summed E-state index contributed by atoms with van der Waals surface area (Å²) < 4.78 is 12.2. The Kier molecular flexibility index (Phi) is 6.22. The number of thiazole rings is 1. The number of aromatic nitrogens is 3. The monoisotopic (exact) mass is 384 g/mol. The lowest BCUT2D eigenvalue weighted by atomic mass is 10.2. The third-order valence-electron chi connectivity index (χ3n) is 3.76. The minimum atomic E-state index is -0.160. The molecule has 0 aliphatic rings. The lowest BCUT2D eigenvalue weighted by Crippen LogP contribution is -2.23. The van der Waals surface area contributed by atoms with Gasteiger partial charge in [0.1, 0.15) is 0 Å². The van der Waals surface area contributed by atoms with Gasteiger partial charge in [0.25, 0.3) is 0 Å². The van der Waals surface area contributed by atoms with Crippen molar-refractivity contribution in [3.8, 4) is 16.6 Å². The molecule has 0 spiro atoms. The Hall–Kier alpha value is -3.13. The molecule has 3 aromatic rings. The summed E-state index contributed by atoms with van der Waals surface area (Å²) in [5.74, 6) is 1.11. The van der Waals surface area contributed by atoms with Crippen LogP contribution in [0.2, 0.25) is 0 Å². The molecule has 1 amide bonds. The summed E-state index contributed by atoms with van der Waals surface area (Å²) in [6, 6.07) is 7.33. The molecule has 0 saturated heterocycles. The van der Waals surface area contributed by atoms with E-state index >= 15 is 0 Å². The van der Waals surface area contributed by atoms with Crippen molar-refractivity contribution in [2.75, 3.05) is 20.8 Å². The number of hydrogen-bond donors (Lipinski definition) is 1. The first-order valence-electron chi connectivity index (χ1n) is 8.32. The van der Waals surface area contributed by atoms with Crippen LogP contribution in [0.1, 0.15) is 11.3 Å². The molecular formula is C19H20N4O3S. The maximum atomic E-state index is 12.0. The van der Waals surface area contributed by atoms with E-state index < -0.39 is 0 Å². The van der Waals surface area contributed by atoms with Crippen LogP contribution in [-0.2, 0) is 11.2 Å². The molecule has 1 N–H and O–H groups in total. The zero-order valence-electron chi connectivity index (χ0n) is 15.1. The standard InChI is InChI=1S/C19H20N4O3S/c1-25-16-6-4-14(12-17(16)26-2)5-7-18(24)20-10-8-15-13-27-19(22-15)23-11-3-9-21-23/h3-7,9,11-13H,8,10H2,1-2H3,(H,20,24). The fourth-order valence-electron chi connectivity index (χ4n) is 2.40. The van der Waals surface area contributed by atoms with Crippen LogP contribution in [0.5, 0.6) is 11.5 Å². The molecule has 7 nitrogen and oxygen atoms in total. The molecule has 0 fully saturated rings. The van der Waals surface area contributed by atoms with Gasteiger partial charge in [-0.15, -0.1) is 11.3 Å². The van der Waals surface area contributed by atoms with Crippen molar-refractivity contribution in [2.24, 2.45) is 0 Å². The van der Waals surface area contributed by atoms with E-state index in [9.17, 15) is 4.79 Å². The highest BCUT2D eigenvalue weighted by atomic mass is 32.1. The maximum absolute atomic E-state index is 12.0. The second-order valence-electron chi connectivity index (χ2n) is 5.56. The predicted octanol–water partition coefficient (Wildman–Crippen LogP) is 2.72. The van der Waals surface area contributed by atoms with Gasteiger partial charge in [0.05, 0.1) is 19.9 Å². The Labute approximate surface area is 161 Å². The fraction of sp³-hybridized carbons (Fsp3) is 0.211. The van der Waals surface area contributed by atoms with Crippen LogP contribution in [0, 0.1) is 0 Å². The average molecular weight is 384 g/mol. The van der Waals surface area contributed by atoms with Gasteiger partial charge in [0, 0.05) is 36.8 Å². The summed E-state index contributed by atoms with van der Waals surface area (Å²) in [5.41, 5.74) is 1.78. The van der Waals surface area contributed by atoms with Crippen molar-refractivity contribution in [2.45, 2.75) is 6.42 Å². The van der Waals surface area contributed by atoms with Crippen LogP contribution in [0.15, 0.2) is 48.1 Å². The van der Waals surface area contributed by atoms with Gasteiger partial charge in [-0.3, -0.25) is 4.79 Å². The van der Waals surface area contributed by atoms with Gasteiger partial charge in [-0.1, -0.05) is 6.07 Å². The number of nitrogens with zero attached hydrogens (tertiary/aromatic N) is 3. The summed E-state index contributed by atoms with van der Waals surface area (Å²) >= 11 is 1.52. The Morgan fingerprint density at radius 3 is 2.89 bits per heavy atom. The molecule has 3 rings (SSSR count). The van der Waals surface area contributed by atoms with Crippen LogP contribution >= 0.6 is 11.3 Å². The van der Waals surface area contributed by atoms with E-state index in [0.717, 1.165) is 16.4 Å². The number of carbonyl (C=O) groups excluding carboxylic acids is 1. The van der Waals surface area contributed by atoms with E-state index in [2.05, 4.69) is 15.4 Å². The van der Waals surface area contributed by atoms with Gasteiger partial charge >= 0.3 is 0 Å². The zero-order chi connectivity index (χ0) is 19.1. The van der Waals surface area contributed by atoms with Crippen molar-refractivity contribution in [3.63, 3.8) is 0 Å². The molecule has 0 aliphatic heterocycles. The van der Waals surface area contributed by atoms with Gasteiger partial charge < -0.3 is 14.8 Å². The third-order valence-corrected chi connectivity index (χ3v) is 4.63. The van der Waals surface area contributed by atoms with E-state index in [1.54, 1.807) is 37.2 Å². The Morgan fingerprint density at radius 2 is 2.15 bits per heavy atom. The minimum Gasteiger partial charge on any atom is -0.493 e. The molecule has 0 bridgehead atoms. The lowest BCUT2D eigenvalue weighted by Gasteiger charge is -2.07. The number of carbonyl (C=O) groups is 1. The van der Waals surface area contributed by atoms with E-state index in [1.165, 1.54) is 17.4 Å². The predicted molar refractivity (Wildman–Crippen MR) is 105 cm³/mol. The van der Waals surface area contributed by atoms with Gasteiger partial charge in [-0.05, 0) is 29.8 Å². The first-order chi connectivity index (χ1) is 13.2. The molecule has 1 aromatic carbocycles. The highest BCUT2D eigenvalue weighted by molar-refractivity contribution is 7.12. The van der Waals surface area contributed by atoms with E-state index in [-0.39, 0.29) is 5.91 Å². The quantitative estimate of drug-likeness (QED) is 0.604. The molecule has 0 radical (unpaired) electrons. The largest absolute Gasteiger partial charge is 0.493 e. The Bertz CT molecular complexity index is 919. The maximum Gasteiger partial charge on any atom is 0.244 e. The van der Waals surface area contributed by atoms with Gasteiger partial charge in [0.15, 0.2) is 11.5 Å². The van der Waals surface area contributed by atoms with Crippen molar-refractivity contribution in [3.05, 3.63) is 59.4 Å². The van der Waals surface area contributed by atoms with E-state index in [4.69, 9.17) is 9.47 Å². The number of hydrogen-bond acceptors (Lipinski definition) is 6. The third kappa shape index (κ3) is 4.95. The second-order valence-corrected chi connectivity index (χ2v) is 6.40. The average Bonchev–Trinajstić information content (AvgIpc) is 3.37. The molecule has 0 saturated carbocycles. The molecule has 0 unspecified atom stereocenters. The summed E-state index contributed by atoms with van der Waals surface area (Å²) in [5, 5.41) is 9.80. The van der Waals surface area contributed by atoms with Crippen LogP contribution in [0.3, 0.4) is 0 Å². The van der Waals surface area contributed by atoms with Crippen LogP contribution in [-0.4, -0.2) is 41.4 Å². The molecule has 0 atom stereocenters. The van der Waals surface area contributed by atoms with Crippen molar-refractivity contribution < 1.29 is 14.3 Å². The highest BCUT2D eigenvalue weighted by Crippen LogP contribution is 2.27. The molecule has 140 valence electrons. The summed E-state index contributed by atoms with van der Waals surface area (Å²) in [6.45, 7) is 0.511. The van der Waals surface area contributed by atoms with E-state index in [1.807, 2.05) is 29.8 Å².